The highest BCUT2D eigenvalue weighted by Crippen LogP contribution is 2.41. The van der Waals surface area contributed by atoms with Crippen molar-refractivity contribution in [2.75, 3.05) is 25.1 Å². The lowest BCUT2D eigenvalue weighted by atomic mass is 9.89. The second kappa shape index (κ2) is 16.3. The second-order valence-corrected chi connectivity index (χ2v) is 12.8. The number of hydrogen-bond acceptors (Lipinski definition) is 4. The second-order valence-electron chi connectivity index (χ2n) is 11.2. The number of unbranched alkanes of at least 4 members (excludes halogenated alkanes) is 4. The average Bonchev–Trinajstić information content (AvgIpc) is 3.11. The van der Waals surface area contributed by atoms with Crippen LogP contribution in [0.2, 0.25) is 0 Å². The van der Waals surface area contributed by atoms with Gasteiger partial charge in [-0.1, -0.05) is 37.1 Å². The maximum Gasteiger partial charge on any atom is 0.453 e. The summed E-state index contributed by atoms with van der Waals surface area (Å²) in [4.78, 5) is 2.00. The largest absolute Gasteiger partial charge is 0.508 e. The highest BCUT2D eigenvalue weighted by molar-refractivity contribution is 7.85. The van der Waals surface area contributed by atoms with Crippen LogP contribution < -0.4 is 0 Å². The molecule has 0 spiro atoms. The van der Waals surface area contributed by atoms with E-state index in [1.54, 1.807) is 18.2 Å². The molecule has 0 fully saturated rings. The minimum Gasteiger partial charge on any atom is -0.508 e. The van der Waals surface area contributed by atoms with Crippen molar-refractivity contribution in [3.63, 3.8) is 0 Å². The molecule has 0 saturated carbocycles. The van der Waals surface area contributed by atoms with Gasteiger partial charge < -0.3 is 15.1 Å². The Morgan fingerprint density at radius 2 is 1.65 bits per heavy atom. The van der Waals surface area contributed by atoms with Crippen LogP contribution in [0.5, 0.6) is 11.5 Å². The van der Waals surface area contributed by atoms with Crippen molar-refractivity contribution in [2.24, 2.45) is 0 Å². The minimum absolute atomic E-state index is 0.0578. The quantitative estimate of drug-likeness (QED) is 0.144. The van der Waals surface area contributed by atoms with Gasteiger partial charge in [-0.05, 0) is 110 Å². The monoisotopic (exact) mass is 627 g/mol. The van der Waals surface area contributed by atoms with Crippen LogP contribution in [0.3, 0.4) is 0 Å². The number of benzene rings is 2. The molecule has 1 atom stereocenters. The molecule has 0 aromatic heterocycles. The summed E-state index contributed by atoms with van der Waals surface area (Å²) >= 11 is 0. The minimum atomic E-state index is -5.54. The number of allylic oxidation sites excluding steroid dienone is 2. The van der Waals surface area contributed by atoms with E-state index in [9.17, 15) is 36.4 Å². The van der Waals surface area contributed by atoms with E-state index in [-0.39, 0.29) is 35.8 Å². The smallest absolute Gasteiger partial charge is 0.453 e. The van der Waals surface area contributed by atoms with Crippen LogP contribution in [0.25, 0.3) is 11.1 Å². The lowest BCUT2D eigenvalue weighted by Crippen LogP contribution is -2.36. The number of aryl methyl sites for hydroxylation is 1. The van der Waals surface area contributed by atoms with E-state index < -0.39 is 29.3 Å². The van der Waals surface area contributed by atoms with Crippen molar-refractivity contribution in [1.82, 2.24) is 4.90 Å². The van der Waals surface area contributed by atoms with Gasteiger partial charge in [-0.3, -0.25) is 4.21 Å². The number of nitrogens with zero attached hydrogens (tertiary/aromatic N) is 1. The van der Waals surface area contributed by atoms with Crippen molar-refractivity contribution >= 4 is 21.9 Å². The van der Waals surface area contributed by atoms with Gasteiger partial charge in [0.05, 0.1) is 0 Å². The molecule has 2 N–H and O–H groups in total. The van der Waals surface area contributed by atoms with E-state index in [1.807, 2.05) is 48.5 Å². The predicted molar refractivity (Wildman–Crippen MR) is 164 cm³/mol. The van der Waals surface area contributed by atoms with E-state index >= 15 is 0 Å². The topological polar surface area (TPSA) is 60.8 Å². The summed E-state index contributed by atoms with van der Waals surface area (Å²) in [5.41, 5.74) is 5.90. The highest BCUT2D eigenvalue weighted by atomic mass is 32.2. The number of phenolic OH excluding ortho intramolecular Hbond substituents is 2. The molecule has 0 bridgehead atoms. The number of halogens is 5. The molecule has 2 aromatic rings. The Labute approximate surface area is 253 Å². The van der Waals surface area contributed by atoms with E-state index in [1.165, 1.54) is 16.7 Å². The average molecular weight is 628 g/mol. The van der Waals surface area contributed by atoms with Crippen molar-refractivity contribution < 1.29 is 36.4 Å². The van der Waals surface area contributed by atoms with Crippen molar-refractivity contribution in [3.8, 4) is 11.5 Å². The van der Waals surface area contributed by atoms with Crippen molar-refractivity contribution in [1.29, 1.82) is 0 Å². The molecule has 238 valence electrons. The zero-order valence-corrected chi connectivity index (χ0v) is 25.5. The summed E-state index contributed by atoms with van der Waals surface area (Å²) < 4.78 is 74.6. The molecule has 1 unspecified atom stereocenters. The van der Waals surface area contributed by atoms with Crippen molar-refractivity contribution in [2.45, 2.75) is 82.7 Å². The lowest BCUT2D eigenvalue weighted by Gasteiger charge is -2.19. The highest BCUT2D eigenvalue weighted by Gasteiger charge is 2.56. The molecule has 10 heteroatoms. The Morgan fingerprint density at radius 3 is 2.40 bits per heavy atom. The predicted octanol–water partition coefficient (Wildman–Crippen LogP) is 8.86. The van der Waals surface area contributed by atoms with Gasteiger partial charge in [0.25, 0.3) is 0 Å². The Kier molecular flexibility index (Phi) is 13.1. The summed E-state index contributed by atoms with van der Waals surface area (Å²) in [6, 6.07) is 13.0. The van der Waals surface area contributed by atoms with Crippen LogP contribution in [0.15, 0.2) is 54.7 Å². The third kappa shape index (κ3) is 11.0. The molecule has 1 aliphatic rings. The molecule has 0 aliphatic heterocycles. The molecule has 2 aromatic carbocycles. The first-order chi connectivity index (χ1) is 20.4. The SMILES string of the molecule is CN(/C=C/CS(=O)CCCCC(F)(F)C(F)(F)F)CCCCCCC1=C(c2cccc(O)c2)CCCc2cc(O)ccc21. The number of alkyl halides is 5. The van der Waals surface area contributed by atoms with E-state index in [2.05, 4.69) is 0 Å². The first-order valence-electron chi connectivity index (χ1n) is 14.9. The van der Waals surface area contributed by atoms with E-state index in [0.717, 1.165) is 69.0 Å². The van der Waals surface area contributed by atoms with E-state index in [0.29, 0.717) is 0 Å². The molecule has 1 aliphatic carbocycles. The summed E-state index contributed by atoms with van der Waals surface area (Å²) in [6.07, 6.45) is 4.22. The summed E-state index contributed by atoms with van der Waals surface area (Å²) in [7, 11) is 0.613. The zero-order valence-electron chi connectivity index (χ0n) is 24.6. The number of hydrogen-bond donors (Lipinski definition) is 2. The van der Waals surface area contributed by atoms with Crippen LogP contribution in [0.4, 0.5) is 22.0 Å². The van der Waals surface area contributed by atoms with Crippen LogP contribution in [0, 0.1) is 0 Å². The maximum atomic E-state index is 12.9. The van der Waals surface area contributed by atoms with Crippen LogP contribution in [-0.2, 0) is 17.2 Å². The third-order valence-electron chi connectivity index (χ3n) is 7.70. The Hall–Kier alpha value is -2.88. The molecule has 0 radical (unpaired) electrons. The molecule has 0 heterocycles. The molecular formula is C33H42F5NO3S. The van der Waals surface area contributed by atoms with Crippen LogP contribution in [0.1, 0.15) is 80.9 Å². The maximum absolute atomic E-state index is 12.9. The van der Waals surface area contributed by atoms with Gasteiger partial charge in [-0.15, -0.1) is 0 Å². The number of phenols is 2. The van der Waals surface area contributed by atoms with Crippen LogP contribution >= 0.6 is 0 Å². The molecular weight excluding hydrogens is 585 g/mol. The fourth-order valence-electron chi connectivity index (χ4n) is 5.40. The van der Waals surface area contributed by atoms with Gasteiger partial charge in [0.1, 0.15) is 11.5 Å². The standard InChI is InChI=1S/C33H42F5NO3S/c1-39(20-10-22-43(42)21-7-5-18-32(34,35)33(36,37)38)19-6-3-2-4-14-31-29(25-11-8-13-27(40)23-25)15-9-12-26-24-28(41)16-17-30(26)31/h8,10-11,13,16-17,20,23-24,40-41H,2-7,9,12,14-15,18-19,21-22H2,1H3/b20-10+. The molecule has 0 saturated heterocycles. The Bertz CT molecular complexity index is 1280. The van der Waals surface area contributed by atoms with Gasteiger partial charge in [0.2, 0.25) is 0 Å². The molecule has 0 amide bonds. The number of fused-ring (bicyclic) bond motifs is 1. The van der Waals surface area contributed by atoms with Crippen molar-refractivity contribution in [3.05, 3.63) is 71.4 Å². The summed E-state index contributed by atoms with van der Waals surface area (Å²) in [5, 5.41) is 20.1. The first-order valence-corrected chi connectivity index (χ1v) is 16.4. The Morgan fingerprint density at radius 1 is 0.907 bits per heavy atom. The van der Waals surface area contributed by atoms with Gasteiger partial charge in [0, 0.05) is 42.3 Å². The fraction of sp³-hybridized carbons (Fsp3) is 0.515. The summed E-state index contributed by atoms with van der Waals surface area (Å²) in [6.45, 7) is 0.814. The zero-order chi connectivity index (χ0) is 31.5. The molecule has 43 heavy (non-hydrogen) atoms. The third-order valence-corrected chi connectivity index (χ3v) is 9.01. The van der Waals surface area contributed by atoms with Gasteiger partial charge >= 0.3 is 12.1 Å². The van der Waals surface area contributed by atoms with Gasteiger partial charge in [0.15, 0.2) is 0 Å². The van der Waals surface area contributed by atoms with Gasteiger partial charge in [-0.2, -0.15) is 22.0 Å². The summed E-state index contributed by atoms with van der Waals surface area (Å²) in [5.74, 6) is -3.85. The number of aromatic hydroxyl groups is 2. The van der Waals surface area contributed by atoms with Gasteiger partial charge in [-0.25, -0.2) is 0 Å². The fourth-order valence-corrected chi connectivity index (χ4v) is 6.40. The Balaban J connectivity index is 1.41. The van der Waals surface area contributed by atoms with Crippen LogP contribution in [-0.4, -0.2) is 56.5 Å². The normalized spacial score (nSPS) is 15.0. The molecule has 3 rings (SSSR count). The first kappa shape index (κ1) is 34.6. The number of rotatable bonds is 16. The van der Waals surface area contributed by atoms with E-state index in [4.69, 9.17) is 0 Å². The lowest BCUT2D eigenvalue weighted by molar-refractivity contribution is -0.284. The molecule has 4 nitrogen and oxygen atoms in total.